The highest BCUT2D eigenvalue weighted by Gasteiger charge is 2.49. The van der Waals surface area contributed by atoms with E-state index in [-0.39, 0.29) is 24.4 Å². The summed E-state index contributed by atoms with van der Waals surface area (Å²) in [6.45, 7) is 3.39. The molecule has 2 aromatic carbocycles. The number of carbonyl (C=O) groups excluding carboxylic acids is 2. The fraction of sp³-hybridized carbons (Fsp3) is 0.448. The van der Waals surface area contributed by atoms with Crippen LogP contribution in [0.2, 0.25) is 0 Å². The molecule has 2 N–H and O–H groups in total. The second kappa shape index (κ2) is 10.3. The third-order valence-corrected chi connectivity index (χ3v) is 8.21. The minimum Gasteiger partial charge on any atom is -0.497 e. The number of methoxy groups -OCH3 is 1. The lowest BCUT2D eigenvalue weighted by atomic mass is 9.68. The summed E-state index contributed by atoms with van der Waals surface area (Å²) in [5.41, 5.74) is 3.10. The first-order chi connectivity index (χ1) is 18.3. The van der Waals surface area contributed by atoms with Gasteiger partial charge in [-0.25, -0.2) is 9.18 Å². The minimum absolute atomic E-state index is 0.167. The number of likely N-dealkylation sites (tertiary alicyclic amines) is 1. The third kappa shape index (κ3) is 4.38. The molecule has 1 atom stereocenters. The monoisotopic (exact) mass is 522 g/mol. The smallest absolute Gasteiger partial charge is 0.322 e. The van der Waals surface area contributed by atoms with Crippen molar-refractivity contribution in [3.8, 4) is 5.75 Å². The van der Waals surface area contributed by atoms with E-state index in [0.717, 1.165) is 34.3 Å². The normalized spacial score (nSPS) is 18.5. The van der Waals surface area contributed by atoms with E-state index >= 15 is 0 Å². The predicted molar refractivity (Wildman–Crippen MR) is 144 cm³/mol. The number of rotatable bonds is 5. The molecule has 1 spiro atoms. The Kier molecular flexibility index (Phi) is 7.05. The number of piperidine rings is 1. The van der Waals surface area contributed by atoms with Crippen LogP contribution in [0.5, 0.6) is 5.75 Å². The molecule has 3 amide bonds. The number of urea groups is 1. The second-order valence-electron chi connectivity index (χ2n) is 10.4. The van der Waals surface area contributed by atoms with E-state index in [1.807, 2.05) is 31.0 Å². The SMILES string of the molecule is CCCC(=O)N1CCC2(CC1)CN(C(=O)Nc1ccc(F)cc1)[C@@H](CO)c1c2c2ccc(OC)cc2n1C. The molecule has 8 nitrogen and oxygen atoms in total. The number of hydrogen-bond donors (Lipinski definition) is 2. The van der Waals surface area contributed by atoms with Crippen LogP contribution in [-0.2, 0) is 17.3 Å². The zero-order valence-electron chi connectivity index (χ0n) is 22.2. The van der Waals surface area contributed by atoms with Gasteiger partial charge in [0.2, 0.25) is 5.91 Å². The van der Waals surface area contributed by atoms with Gasteiger partial charge in [-0.05, 0) is 61.2 Å². The molecule has 3 heterocycles. The lowest BCUT2D eigenvalue weighted by Gasteiger charge is -2.50. The molecular weight excluding hydrogens is 487 g/mol. The summed E-state index contributed by atoms with van der Waals surface area (Å²) in [4.78, 5) is 30.0. The number of aromatic nitrogens is 1. The molecule has 0 radical (unpaired) electrons. The Morgan fingerprint density at radius 2 is 1.87 bits per heavy atom. The van der Waals surface area contributed by atoms with Gasteiger partial charge in [-0.3, -0.25) is 4.79 Å². The van der Waals surface area contributed by atoms with Crippen LogP contribution in [-0.4, -0.2) is 64.8 Å². The van der Waals surface area contributed by atoms with Gasteiger partial charge in [0.15, 0.2) is 0 Å². The van der Waals surface area contributed by atoms with Crippen LogP contribution in [0, 0.1) is 5.82 Å². The predicted octanol–water partition coefficient (Wildman–Crippen LogP) is 4.57. The summed E-state index contributed by atoms with van der Waals surface area (Å²) >= 11 is 0. The lowest BCUT2D eigenvalue weighted by molar-refractivity contribution is -0.133. The Morgan fingerprint density at radius 1 is 1.16 bits per heavy atom. The average Bonchev–Trinajstić information content (AvgIpc) is 3.23. The molecule has 38 heavy (non-hydrogen) atoms. The van der Waals surface area contributed by atoms with E-state index in [2.05, 4.69) is 16.0 Å². The van der Waals surface area contributed by atoms with Gasteiger partial charge in [-0.1, -0.05) is 6.92 Å². The van der Waals surface area contributed by atoms with Crippen molar-refractivity contribution < 1.29 is 23.8 Å². The Hall–Kier alpha value is -3.59. The van der Waals surface area contributed by atoms with E-state index in [0.29, 0.717) is 44.6 Å². The summed E-state index contributed by atoms with van der Waals surface area (Å²) in [6.07, 6.45) is 2.76. The zero-order chi connectivity index (χ0) is 27.0. The fourth-order valence-electron chi connectivity index (χ4n) is 6.26. The van der Waals surface area contributed by atoms with E-state index in [1.54, 1.807) is 12.0 Å². The molecule has 0 bridgehead atoms. The largest absolute Gasteiger partial charge is 0.497 e. The Labute approximate surface area is 222 Å². The highest BCUT2D eigenvalue weighted by molar-refractivity contribution is 5.92. The van der Waals surface area contributed by atoms with Crippen molar-refractivity contribution in [1.29, 1.82) is 0 Å². The number of benzene rings is 2. The van der Waals surface area contributed by atoms with Crippen LogP contribution in [0.15, 0.2) is 42.5 Å². The van der Waals surface area contributed by atoms with E-state index < -0.39 is 11.5 Å². The van der Waals surface area contributed by atoms with Crippen LogP contribution in [0.25, 0.3) is 10.9 Å². The molecule has 202 valence electrons. The number of nitrogens with zero attached hydrogens (tertiary/aromatic N) is 3. The number of aliphatic hydroxyl groups is 1. The molecule has 2 aliphatic rings. The number of hydrogen-bond acceptors (Lipinski definition) is 4. The molecule has 0 saturated carbocycles. The van der Waals surface area contributed by atoms with Crippen molar-refractivity contribution in [3.05, 3.63) is 59.5 Å². The number of halogens is 1. The standard InChI is InChI=1S/C29H35FN4O4/c1-4-5-25(36)33-14-12-29(13-15-33)18-34(28(37)31-20-8-6-19(30)7-9-20)24(17-35)27-26(29)22-11-10-21(38-3)16-23(22)32(27)2/h6-11,16,24,35H,4-5,12-15,17-18H2,1-3H3,(H,31,37)/t24-/m0/s1. The maximum absolute atomic E-state index is 13.7. The lowest BCUT2D eigenvalue weighted by Crippen LogP contribution is -2.56. The highest BCUT2D eigenvalue weighted by Crippen LogP contribution is 2.50. The molecule has 1 aromatic heterocycles. The van der Waals surface area contributed by atoms with Gasteiger partial charge in [-0.2, -0.15) is 0 Å². The molecular formula is C29H35FN4O4. The average molecular weight is 523 g/mol. The van der Waals surface area contributed by atoms with Gasteiger partial charge in [0, 0.05) is 61.4 Å². The molecule has 1 fully saturated rings. The number of ether oxygens (including phenoxy) is 1. The summed E-state index contributed by atoms with van der Waals surface area (Å²) < 4.78 is 21.0. The maximum Gasteiger partial charge on any atom is 0.322 e. The highest BCUT2D eigenvalue weighted by atomic mass is 19.1. The van der Waals surface area contributed by atoms with E-state index in [9.17, 15) is 19.1 Å². The van der Waals surface area contributed by atoms with Crippen LogP contribution in [0.3, 0.4) is 0 Å². The van der Waals surface area contributed by atoms with Crippen molar-refractivity contribution in [2.75, 3.05) is 38.7 Å². The molecule has 2 aliphatic heterocycles. The summed E-state index contributed by atoms with van der Waals surface area (Å²) in [5, 5.41) is 14.6. The van der Waals surface area contributed by atoms with Crippen LogP contribution >= 0.6 is 0 Å². The number of nitrogens with one attached hydrogen (secondary N) is 1. The number of aliphatic hydroxyl groups excluding tert-OH is 1. The Bertz CT molecular complexity index is 1340. The van der Waals surface area contributed by atoms with Crippen molar-refractivity contribution >= 4 is 28.5 Å². The summed E-state index contributed by atoms with van der Waals surface area (Å²) in [6, 6.07) is 10.7. The van der Waals surface area contributed by atoms with Gasteiger partial charge in [0.05, 0.1) is 25.3 Å². The Balaban J connectivity index is 1.59. The van der Waals surface area contributed by atoms with Gasteiger partial charge in [0.25, 0.3) is 0 Å². The first-order valence-corrected chi connectivity index (χ1v) is 13.2. The third-order valence-electron chi connectivity index (χ3n) is 8.21. The van der Waals surface area contributed by atoms with Gasteiger partial charge in [0.1, 0.15) is 11.6 Å². The quantitative estimate of drug-likeness (QED) is 0.514. The Morgan fingerprint density at radius 3 is 2.50 bits per heavy atom. The maximum atomic E-state index is 13.7. The number of aryl methyl sites for hydroxylation is 1. The van der Waals surface area contributed by atoms with Gasteiger partial charge < -0.3 is 29.5 Å². The molecule has 1 saturated heterocycles. The van der Waals surface area contributed by atoms with Gasteiger partial charge in [-0.15, -0.1) is 0 Å². The fourth-order valence-corrected chi connectivity index (χ4v) is 6.26. The number of carbonyl (C=O) groups is 2. The van der Waals surface area contributed by atoms with Crippen molar-refractivity contribution in [2.45, 2.75) is 44.1 Å². The first-order valence-electron chi connectivity index (χ1n) is 13.2. The minimum atomic E-state index is -0.570. The van der Waals surface area contributed by atoms with E-state index in [1.165, 1.54) is 24.3 Å². The molecule has 5 rings (SSSR count). The van der Waals surface area contributed by atoms with E-state index in [4.69, 9.17) is 4.74 Å². The molecule has 0 unspecified atom stereocenters. The van der Waals surface area contributed by atoms with Gasteiger partial charge >= 0.3 is 6.03 Å². The van der Waals surface area contributed by atoms with Crippen LogP contribution < -0.4 is 10.1 Å². The summed E-state index contributed by atoms with van der Waals surface area (Å²) in [7, 11) is 3.59. The molecule has 9 heteroatoms. The van der Waals surface area contributed by atoms with Crippen molar-refractivity contribution in [2.24, 2.45) is 7.05 Å². The van der Waals surface area contributed by atoms with Crippen LogP contribution in [0.1, 0.15) is 49.9 Å². The first kappa shape index (κ1) is 26.0. The summed E-state index contributed by atoms with van der Waals surface area (Å²) in [5.74, 6) is 0.518. The molecule has 3 aromatic rings. The van der Waals surface area contributed by atoms with Crippen LogP contribution in [0.4, 0.5) is 14.9 Å². The second-order valence-corrected chi connectivity index (χ2v) is 10.4. The number of anilines is 1. The number of fused-ring (bicyclic) bond motifs is 4. The molecule has 0 aliphatic carbocycles. The van der Waals surface area contributed by atoms with Crippen molar-refractivity contribution in [3.63, 3.8) is 0 Å². The van der Waals surface area contributed by atoms with Crippen molar-refractivity contribution in [1.82, 2.24) is 14.4 Å². The zero-order valence-corrected chi connectivity index (χ0v) is 22.2. The number of amides is 3. The topological polar surface area (TPSA) is 87.0 Å².